The van der Waals surface area contributed by atoms with Crippen LogP contribution in [-0.4, -0.2) is 72.3 Å². The van der Waals surface area contributed by atoms with E-state index in [0.717, 1.165) is 31.7 Å². The molecule has 1 aliphatic heterocycles. The number of benzene rings is 1. The zero-order chi connectivity index (χ0) is 17.5. The van der Waals surface area contributed by atoms with Crippen LogP contribution in [0.5, 0.6) is 0 Å². The lowest BCUT2D eigenvalue weighted by Gasteiger charge is -2.35. The summed E-state index contributed by atoms with van der Waals surface area (Å²) in [6, 6.07) is 7.39. The minimum atomic E-state index is 0.132. The van der Waals surface area contributed by atoms with Crippen molar-refractivity contribution < 1.29 is 9.59 Å². The van der Waals surface area contributed by atoms with Crippen molar-refractivity contribution in [3.63, 3.8) is 0 Å². The normalized spacial score (nSPS) is 15.4. The molecule has 0 unspecified atom stereocenters. The highest BCUT2D eigenvalue weighted by molar-refractivity contribution is 6.30. The van der Waals surface area contributed by atoms with Crippen molar-refractivity contribution in [3.05, 3.63) is 34.9 Å². The summed E-state index contributed by atoms with van der Waals surface area (Å²) in [6.07, 6.45) is 0.398. The van der Waals surface area contributed by atoms with Gasteiger partial charge in [-0.3, -0.25) is 14.5 Å². The highest BCUT2D eigenvalue weighted by Crippen LogP contribution is 2.12. The van der Waals surface area contributed by atoms with Crippen molar-refractivity contribution in [3.8, 4) is 0 Å². The number of piperazine rings is 1. The van der Waals surface area contributed by atoms with E-state index >= 15 is 0 Å². The Morgan fingerprint density at radius 1 is 1.04 bits per heavy atom. The Labute approximate surface area is 149 Å². The number of amides is 2. The smallest absolute Gasteiger partial charge is 0.236 e. The van der Waals surface area contributed by atoms with Crippen LogP contribution in [0.4, 0.5) is 0 Å². The molecule has 1 aromatic rings. The van der Waals surface area contributed by atoms with E-state index in [-0.39, 0.29) is 11.8 Å². The minimum absolute atomic E-state index is 0.132. The molecular formula is C18H26ClN3O2. The molecule has 0 bridgehead atoms. The van der Waals surface area contributed by atoms with Crippen molar-refractivity contribution in [2.75, 3.05) is 45.8 Å². The van der Waals surface area contributed by atoms with Crippen LogP contribution in [0, 0.1) is 0 Å². The van der Waals surface area contributed by atoms with Gasteiger partial charge in [-0.15, -0.1) is 0 Å². The number of nitrogens with zero attached hydrogens (tertiary/aromatic N) is 3. The van der Waals surface area contributed by atoms with Crippen LogP contribution >= 0.6 is 11.6 Å². The van der Waals surface area contributed by atoms with Gasteiger partial charge in [-0.2, -0.15) is 0 Å². The van der Waals surface area contributed by atoms with Gasteiger partial charge in [-0.05, 0) is 31.5 Å². The highest BCUT2D eigenvalue weighted by Gasteiger charge is 2.23. The SMILES string of the molecule is CCN(CC)C(=O)CN1CCN(C(=O)Cc2ccc(Cl)cc2)CC1. The fourth-order valence-electron chi connectivity index (χ4n) is 2.91. The number of likely N-dealkylation sites (N-methyl/N-ethyl adjacent to an activating group) is 1. The topological polar surface area (TPSA) is 43.9 Å². The molecule has 132 valence electrons. The Morgan fingerprint density at radius 2 is 1.62 bits per heavy atom. The number of carbonyl (C=O) groups is 2. The second-order valence-corrected chi connectivity index (χ2v) is 6.46. The van der Waals surface area contributed by atoms with Gasteiger partial charge in [0.2, 0.25) is 11.8 Å². The molecule has 1 heterocycles. The van der Waals surface area contributed by atoms with E-state index in [9.17, 15) is 9.59 Å². The van der Waals surface area contributed by atoms with Crippen molar-refractivity contribution in [1.29, 1.82) is 0 Å². The third kappa shape index (κ3) is 5.21. The lowest BCUT2D eigenvalue weighted by molar-refractivity contribution is -0.134. The lowest BCUT2D eigenvalue weighted by atomic mass is 10.1. The summed E-state index contributed by atoms with van der Waals surface area (Å²) in [6.45, 7) is 8.78. The first-order valence-electron chi connectivity index (χ1n) is 8.55. The van der Waals surface area contributed by atoms with Crippen LogP contribution in [0.1, 0.15) is 19.4 Å². The van der Waals surface area contributed by atoms with Crippen LogP contribution in [0.15, 0.2) is 24.3 Å². The number of carbonyl (C=O) groups excluding carboxylic acids is 2. The first-order chi connectivity index (χ1) is 11.5. The quantitative estimate of drug-likeness (QED) is 0.786. The van der Waals surface area contributed by atoms with Crippen LogP contribution in [-0.2, 0) is 16.0 Å². The Bertz CT molecular complexity index is 550. The summed E-state index contributed by atoms with van der Waals surface area (Å²) in [5.41, 5.74) is 0.976. The molecule has 0 aromatic heterocycles. The van der Waals surface area contributed by atoms with Gasteiger partial charge in [-0.1, -0.05) is 23.7 Å². The number of rotatable bonds is 6. The van der Waals surface area contributed by atoms with Gasteiger partial charge in [-0.25, -0.2) is 0 Å². The third-order valence-electron chi connectivity index (χ3n) is 4.47. The third-order valence-corrected chi connectivity index (χ3v) is 4.72. The van der Waals surface area contributed by atoms with Crippen molar-refractivity contribution >= 4 is 23.4 Å². The largest absolute Gasteiger partial charge is 0.342 e. The second-order valence-electron chi connectivity index (χ2n) is 6.03. The molecule has 1 fully saturated rings. The molecule has 5 nitrogen and oxygen atoms in total. The highest BCUT2D eigenvalue weighted by atomic mass is 35.5. The zero-order valence-corrected chi connectivity index (χ0v) is 15.3. The Morgan fingerprint density at radius 3 is 2.17 bits per heavy atom. The monoisotopic (exact) mass is 351 g/mol. The Kier molecular flexibility index (Phi) is 7.06. The van der Waals surface area contributed by atoms with E-state index in [4.69, 9.17) is 11.6 Å². The Hall–Kier alpha value is -1.59. The van der Waals surface area contributed by atoms with Crippen LogP contribution in [0.2, 0.25) is 5.02 Å². The van der Waals surface area contributed by atoms with Crippen molar-refractivity contribution in [1.82, 2.24) is 14.7 Å². The maximum atomic E-state index is 12.4. The summed E-state index contributed by atoms with van der Waals surface area (Å²) >= 11 is 5.87. The van der Waals surface area contributed by atoms with Gasteiger partial charge < -0.3 is 9.80 Å². The van der Waals surface area contributed by atoms with E-state index in [2.05, 4.69) is 4.90 Å². The second kappa shape index (κ2) is 9.04. The van der Waals surface area contributed by atoms with E-state index < -0.39 is 0 Å². The molecule has 0 aliphatic carbocycles. The maximum absolute atomic E-state index is 12.4. The molecule has 0 atom stereocenters. The summed E-state index contributed by atoms with van der Waals surface area (Å²) in [5.74, 6) is 0.299. The molecule has 0 saturated carbocycles. The van der Waals surface area contributed by atoms with Crippen molar-refractivity contribution in [2.45, 2.75) is 20.3 Å². The summed E-state index contributed by atoms with van der Waals surface area (Å²) < 4.78 is 0. The molecule has 1 aliphatic rings. The molecule has 1 aromatic carbocycles. The van der Waals surface area contributed by atoms with Gasteiger partial charge in [0.1, 0.15) is 0 Å². The lowest BCUT2D eigenvalue weighted by Crippen LogP contribution is -2.51. The van der Waals surface area contributed by atoms with Gasteiger partial charge in [0.25, 0.3) is 0 Å². The molecule has 1 saturated heterocycles. The van der Waals surface area contributed by atoms with E-state index in [1.165, 1.54) is 0 Å². The van der Waals surface area contributed by atoms with Gasteiger partial charge >= 0.3 is 0 Å². The zero-order valence-electron chi connectivity index (χ0n) is 14.5. The number of hydrogen-bond donors (Lipinski definition) is 0. The average molecular weight is 352 g/mol. The average Bonchev–Trinajstić information content (AvgIpc) is 2.58. The predicted octanol–water partition coefficient (Wildman–Crippen LogP) is 1.90. The first-order valence-corrected chi connectivity index (χ1v) is 8.93. The standard InChI is InChI=1S/C18H26ClN3O2/c1-3-21(4-2)18(24)14-20-9-11-22(12-10-20)17(23)13-15-5-7-16(19)8-6-15/h5-8H,3-4,9-14H2,1-2H3. The van der Waals surface area contributed by atoms with Crippen LogP contribution in [0.25, 0.3) is 0 Å². The molecule has 2 rings (SSSR count). The first kappa shape index (κ1) is 18.7. The molecule has 0 N–H and O–H groups in total. The predicted molar refractivity (Wildman–Crippen MR) is 96.1 cm³/mol. The molecular weight excluding hydrogens is 326 g/mol. The molecule has 2 amide bonds. The molecule has 24 heavy (non-hydrogen) atoms. The molecule has 0 radical (unpaired) electrons. The molecule has 0 spiro atoms. The van der Waals surface area contributed by atoms with Gasteiger partial charge in [0.05, 0.1) is 13.0 Å². The van der Waals surface area contributed by atoms with Gasteiger partial charge in [0, 0.05) is 44.3 Å². The van der Waals surface area contributed by atoms with E-state index in [0.29, 0.717) is 31.1 Å². The van der Waals surface area contributed by atoms with Crippen LogP contribution in [0.3, 0.4) is 0 Å². The Balaban J connectivity index is 1.78. The van der Waals surface area contributed by atoms with E-state index in [1.807, 2.05) is 35.8 Å². The van der Waals surface area contributed by atoms with E-state index in [1.54, 1.807) is 12.1 Å². The number of hydrogen-bond acceptors (Lipinski definition) is 3. The summed E-state index contributed by atoms with van der Waals surface area (Å²) in [5, 5.41) is 0.678. The maximum Gasteiger partial charge on any atom is 0.236 e. The fourth-order valence-corrected chi connectivity index (χ4v) is 3.04. The van der Waals surface area contributed by atoms with Crippen LogP contribution < -0.4 is 0 Å². The summed E-state index contributed by atoms with van der Waals surface area (Å²) in [4.78, 5) is 30.4. The summed E-state index contributed by atoms with van der Waals surface area (Å²) in [7, 11) is 0. The molecule has 6 heteroatoms. The number of halogens is 1. The fraction of sp³-hybridized carbons (Fsp3) is 0.556. The van der Waals surface area contributed by atoms with Gasteiger partial charge in [0.15, 0.2) is 0 Å². The minimum Gasteiger partial charge on any atom is -0.342 e. The van der Waals surface area contributed by atoms with Crippen molar-refractivity contribution in [2.24, 2.45) is 0 Å².